The third-order valence-electron chi connectivity index (χ3n) is 3.83. The van der Waals surface area contributed by atoms with Gasteiger partial charge < -0.3 is 4.74 Å². The lowest BCUT2D eigenvalue weighted by Gasteiger charge is -2.04. The average Bonchev–Trinajstić information content (AvgIpc) is 2.74. The molecule has 0 heterocycles. The summed E-state index contributed by atoms with van der Waals surface area (Å²) in [4.78, 5) is 13.0. The number of thioether (sulfide) groups is 1. The number of rotatable bonds is 8. The maximum Gasteiger partial charge on any atom is 0.185 e. The Labute approximate surface area is 163 Å². The molecule has 0 aliphatic heterocycles. The number of nitrogens with one attached hydrogen (secondary N) is 1. The Balaban J connectivity index is 1.47. The first kappa shape index (κ1) is 18.7. The number of benzene rings is 3. The van der Waals surface area contributed by atoms with Crippen molar-refractivity contribution in [1.29, 1.82) is 0 Å². The van der Waals surface area contributed by atoms with Gasteiger partial charge in [-0.1, -0.05) is 42.5 Å². The minimum atomic E-state index is -0.0480. The summed E-state index contributed by atoms with van der Waals surface area (Å²) in [6, 6.07) is 25.8. The molecule has 0 bridgehead atoms. The van der Waals surface area contributed by atoms with E-state index in [2.05, 4.69) is 34.8 Å². The van der Waals surface area contributed by atoms with Crippen LogP contribution in [0.1, 0.15) is 0 Å². The monoisotopic (exact) mass is 376 g/mol. The number of nitrogens with zero attached hydrogens (tertiary/aromatic N) is 1. The van der Waals surface area contributed by atoms with Gasteiger partial charge in [0.2, 0.25) is 0 Å². The van der Waals surface area contributed by atoms with Gasteiger partial charge in [-0.2, -0.15) is 5.10 Å². The van der Waals surface area contributed by atoms with Crippen LogP contribution in [-0.2, 0) is 4.79 Å². The normalized spacial score (nSPS) is 10.7. The van der Waals surface area contributed by atoms with Crippen LogP contribution in [0.25, 0.3) is 11.1 Å². The minimum absolute atomic E-state index is 0.0480. The Hall–Kier alpha value is -3.05. The van der Waals surface area contributed by atoms with Crippen molar-refractivity contribution in [3.05, 3.63) is 78.9 Å². The average molecular weight is 376 g/mol. The lowest BCUT2D eigenvalue weighted by molar-refractivity contribution is -0.110. The third kappa shape index (κ3) is 5.72. The van der Waals surface area contributed by atoms with Gasteiger partial charge in [-0.25, -0.2) is 0 Å². The number of Topliss-reactive ketones (excluding diaryl/α,β-unsaturated/α-hetero) is 1. The predicted octanol–water partition coefficient (Wildman–Crippen LogP) is 5.12. The van der Waals surface area contributed by atoms with Crippen LogP contribution in [0, 0.1) is 0 Å². The Bertz CT molecular complexity index is 892. The molecular formula is C22H20N2O2S. The van der Waals surface area contributed by atoms with Crippen molar-refractivity contribution in [2.75, 3.05) is 18.3 Å². The molecule has 0 saturated carbocycles. The maximum absolute atomic E-state index is 12.0. The van der Waals surface area contributed by atoms with Crippen LogP contribution >= 0.6 is 11.8 Å². The number of anilines is 1. The van der Waals surface area contributed by atoms with E-state index in [4.69, 9.17) is 4.74 Å². The molecule has 0 aliphatic carbocycles. The van der Waals surface area contributed by atoms with Gasteiger partial charge in [0.05, 0.1) is 24.8 Å². The van der Waals surface area contributed by atoms with Crippen LogP contribution in [0.2, 0.25) is 0 Å². The zero-order valence-corrected chi connectivity index (χ0v) is 15.8. The van der Waals surface area contributed by atoms with Gasteiger partial charge >= 0.3 is 0 Å². The molecule has 0 aromatic heterocycles. The van der Waals surface area contributed by atoms with Crippen molar-refractivity contribution in [2.45, 2.75) is 4.90 Å². The number of ether oxygens (including phenoxy) is 1. The van der Waals surface area contributed by atoms with Crippen molar-refractivity contribution in [2.24, 2.45) is 5.10 Å². The van der Waals surface area contributed by atoms with Gasteiger partial charge in [-0.3, -0.25) is 10.2 Å². The van der Waals surface area contributed by atoms with Crippen LogP contribution < -0.4 is 10.2 Å². The molecule has 0 spiro atoms. The quantitative estimate of drug-likeness (QED) is 0.337. The highest BCUT2D eigenvalue weighted by Crippen LogP contribution is 2.24. The second-order valence-electron chi connectivity index (χ2n) is 5.74. The topological polar surface area (TPSA) is 50.7 Å². The van der Waals surface area contributed by atoms with Gasteiger partial charge in [0.1, 0.15) is 5.75 Å². The standard InChI is InChI=1S/C22H20N2O2S/c1-26-21-11-9-19(10-12-21)24-23-15-20(25)16-27-22-13-7-18(8-14-22)17-5-3-2-4-6-17/h2-15,24H,16H2,1H3. The van der Waals surface area contributed by atoms with Crippen molar-refractivity contribution in [1.82, 2.24) is 0 Å². The fourth-order valence-corrected chi connectivity index (χ4v) is 3.12. The largest absolute Gasteiger partial charge is 0.497 e. The fraction of sp³-hybridized carbons (Fsp3) is 0.0909. The Kier molecular flexibility index (Phi) is 6.66. The predicted molar refractivity (Wildman–Crippen MR) is 113 cm³/mol. The Morgan fingerprint density at radius 1 is 0.963 bits per heavy atom. The smallest absolute Gasteiger partial charge is 0.185 e. The molecule has 3 aromatic carbocycles. The van der Waals surface area contributed by atoms with E-state index in [0.29, 0.717) is 5.75 Å². The van der Waals surface area contributed by atoms with Crippen LogP contribution in [0.3, 0.4) is 0 Å². The fourth-order valence-electron chi connectivity index (χ4n) is 2.41. The second kappa shape index (κ2) is 9.59. The van der Waals surface area contributed by atoms with Gasteiger partial charge in [0.25, 0.3) is 0 Å². The number of methoxy groups -OCH3 is 1. The number of hydrogen-bond acceptors (Lipinski definition) is 5. The first-order valence-corrected chi connectivity index (χ1v) is 9.47. The molecule has 4 nitrogen and oxygen atoms in total. The summed E-state index contributed by atoms with van der Waals surface area (Å²) in [6.07, 6.45) is 1.32. The van der Waals surface area contributed by atoms with Crippen molar-refractivity contribution in [3.63, 3.8) is 0 Å². The molecule has 0 amide bonds. The molecule has 0 aliphatic rings. The molecule has 0 fully saturated rings. The van der Waals surface area contributed by atoms with Gasteiger partial charge in [0.15, 0.2) is 5.78 Å². The molecule has 3 rings (SSSR count). The summed E-state index contributed by atoms with van der Waals surface area (Å²) in [6.45, 7) is 0. The Morgan fingerprint density at radius 2 is 1.63 bits per heavy atom. The number of hydrazone groups is 1. The molecule has 5 heteroatoms. The number of carbonyl (C=O) groups excluding carboxylic acids is 1. The van der Waals surface area contributed by atoms with Crippen molar-refractivity contribution < 1.29 is 9.53 Å². The van der Waals surface area contributed by atoms with Crippen LogP contribution in [0.5, 0.6) is 5.75 Å². The molecule has 0 radical (unpaired) electrons. The number of ketones is 1. The molecular weight excluding hydrogens is 356 g/mol. The van der Waals surface area contributed by atoms with Crippen LogP contribution in [-0.4, -0.2) is 24.9 Å². The van der Waals surface area contributed by atoms with E-state index in [9.17, 15) is 4.79 Å². The zero-order valence-electron chi connectivity index (χ0n) is 15.0. The highest BCUT2D eigenvalue weighted by molar-refractivity contribution is 8.00. The summed E-state index contributed by atoms with van der Waals surface area (Å²) >= 11 is 1.50. The summed E-state index contributed by atoms with van der Waals surface area (Å²) < 4.78 is 5.10. The third-order valence-corrected chi connectivity index (χ3v) is 4.87. The van der Waals surface area contributed by atoms with Crippen molar-refractivity contribution >= 4 is 29.4 Å². The molecule has 0 atom stereocenters. The van der Waals surface area contributed by atoms with Gasteiger partial charge in [0, 0.05) is 4.90 Å². The van der Waals surface area contributed by atoms with Gasteiger partial charge in [-0.15, -0.1) is 11.8 Å². The molecule has 136 valence electrons. The first-order chi connectivity index (χ1) is 13.2. The molecule has 0 saturated heterocycles. The Morgan fingerprint density at radius 3 is 2.30 bits per heavy atom. The summed E-state index contributed by atoms with van der Waals surface area (Å²) in [7, 11) is 1.62. The number of carbonyl (C=O) groups is 1. The maximum atomic E-state index is 12.0. The summed E-state index contributed by atoms with van der Waals surface area (Å²) in [5.74, 6) is 1.07. The highest BCUT2D eigenvalue weighted by Gasteiger charge is 2.02. The van der Waals surface area contributed by atoms with E-state index >= 15 is 0 Å². The zero-order chi connectivity index (χ0) is 18.9. The molecule has 3 aromatic rings. The van der Waals surface area contributed by atoms with Crippen LogP contribution in [0.15, 0.2) is 88.9 Å². The molecule has 27 heavy (non-hydrogen) atoms. The van der Waals surface area contributed by atoms with E-state index in [-0.39, 0.29) is 5.78 Å². The van der Waals surface area contributed by atoms with E-state index in [0.717, 1.165) is 21.9 Å². The van der Waals surface area contributed by atoms with Crippen molar-refractivity contribution in [3.8, 4) is 16.9 Å². The molecule has 1 N–H and O–H groups in total. The van der Waals surface area contributed by atoms with E-state index in [1.807, 2.05) is 54.6 Å². The number of hydrogen-bond donors (Lipinski definition) is 1. The second-order valence-corrected chi connectivity index (χ2v) is 6.79. The first-order valence-electron chi connectivity index (χ1n) is 8.49. The van der Waals surface area contributed by atoms with Gasteiger partial charge in [-0.05, 0) is 47.5 Å². The lowest BCUT2D eigenvalue weighted by atomic mass is 10.1. The van der Waals surface area contributed by atoms with Crippen LogP contribution in [0.4, 0.5) is 5.69 Å². The van der Waals surface area contributed by atoms with E-state index in [1.165, 1.54) is 23.5 Å². The lowest BCUT2D eigenvalue weighted by Crippen LogP contribution is -2.04. The van der Waals surface area contributed by atoms with E-state index < -0.39 is 0 Å². The SMILES string of the molecule is COc1ccc(NN=CC(=O)CSc2ccc(-c3ccccc3)cc2)cc1. The highest BCUT2D eigenvalue weighted by atomic mass is 32.2. The molecule has 0 unspecified atom stereocenters. The van der Waals surface area contributed by atoms with E-state index in [1.54, 1.807) is 7.11 Å². The summed E-state index contributed by atoms with van der Waals surface area (Å²) in [5, 5.41) is 3.98. The summed E-state index contributed by atoms with van der Waals surface area (Å²) in [5.41, 5.74) is 5.98. The minimum Gasteiger partial charge on any atom is -0.497 e.